The first-order chi connectivity index (χ1) is 10.1. The molecule has 0 N–H and O–H groups in total. The molecule has 21 heavy (non-hydrogen) atoms. The fourth-order valence-corrected chi connectivity index (χ4v) is 3.94. The highest BCUT2D eigenvalue weighted by atomic mass is 32.1. The zero-order chi connectivity index (χ0) is 15.0. The van der Waals surface area contributed by atoms with E-state index in [2.05, 4.69) is 16.5 Å². The van der Waals surface area contributed by atoms with Crippen molar-refractivity contribution in [1.82, 2.24) is 19.4 Å². The number of nitrogens with zero attached hydrogens (tertiary/aromatic N) is 4. The van der Waals surface area contributed by atoms with Gasteiger partial charge in [-0.15, -0.1) is 5.10 Å². The van der Waals surface area contributed by atoms with Crippen molar-refractivity contribution in [2.24, 2.45) is 5.92 Å². The van der Waals surface area contributed by atoms with Crippen molar-refractivity contribution in [2.45, 2.75) is 39.2 Å². The third kappa shape index (κ3) is 2.54. The third-order valence-corrected chi connectivity index (χ3v) is 5.21. The molecule has 3 fully saturated rings. The molecule has 3 aliphatic heterocycles. The van der Waals surface area contributed by atoms with E-state index in [1.165, 1.54) is 0 Å². The molecular formula is C14H20N4O2S. The Kier molecular flexibility index (Phi) is 3.93. The lowest BCUT2D eigenvalue weighted by Gasteiger charge is -2.35. The lowest BCUT2D eigenvalue weighted by molar-refractivity contribution is -0.139. The number of carbonyl (C=O) groups is 2. The monoisotopic (exact) mass is 308 g/mol. The number of hydrogen-bond donors (Lipinski definition) is 0. The summed E-state index contributed by atoms with van der Waals surface area (Å²) in [4.78, 5) is 29.6. The molecule has 3 saturated heterocycles. The maximum absolute atomic E-state index is 12.7. The van der Waals surface area contributed by atoms with Gasteiger partial charge in [0.2, 0.25) is 5.91 Å². The molecule has 1 aromatic rings. The Hall–Kier alpha value is -1.50. The molecule has 7 heteroatoms. The summed E-state index contributed by atoms with van der Waals surface area (Å²) >= 11 is 1.14. The molecule has 2 atom stereocenters. The van der Waals surface area contributed by atoms with Crippen molar-refractivity contribution < 1.29 is 9.59 Å². The number of hydrogen-bond acceptors (Lipinski definition) is 5. The van der Waals surface area contributed by atoms with Crippen molar-refractivity contribution in [1.29, 1.82) is 0 Å². The number of aryl methyl sites for hydroxylation is 1. The Labute approximate surface area is 128 Å². The summed E-state index contributed by atoms with van der Waals surface area (Å²) in [5.41, 5.74) is 0.679. The van der Waals surface area contributed by atoms with Crippen molar-refractivity contribution in [3.05, 3.63) is 10.6 Å². The number of rotatable bonds is 3. The lowest BCUT2D eigenvalue weighted by atomic mass is 9.94. The van der Waals surface area contributed by atoms with Gasteiger partial charge in [0.1, 0.15) is 4.88 Å². The van der Waals surface area contributed by atoms with Crippen LogP contribution in [0.5, 0.6) is 0 Å². The lowest BCUT2D eigenvalue weighted by Crippen LogP contribution is -2.48. The SMILES string of the molecule is CCCN1C(=O)C2CCC1CN(C(=O)c1snnc1C)C2. The molecule has 4 heterocycles. The van der Waals surface area contributed by atoms with Crippen LogP contribution in [0.3, 0.4) is 0 Å². The molecule has 2 amide bonds. The Morgan fingerprint density at radius 2 is 2.19 bits per heavy atom. The molecule has 0 spiro atoms. The number of piperidine rings is 1. The highest BCUT2D eigenvalue weighted by Gasteiger charge is 2.41. The average Bonchev–Trinajstić information content (AvgIpc) is 2.72. The van der Waals surface area contributed by atoms with Gasteiger partial charge >= 0.3 is 0 Å². The van der Waals surface area contributed by atoms with E-state index in [4.69, 9.17) is 0 Å². The molecule has 2 unspecified atom stereocenters. The Morgan fingerprint density at radius 1 is 1.38 bits per heavy atom. The van der Waals surface area contributed by atoms with Gasteiger partial charge in [0, 0.05) is 25.7 Å². The molecule has 1 aromatic heterocycles. The number of carbonyl (C=O) groups excluding carboxylic acids is 2. The van der Waals surface area contributed by atoms with E-state index >= 15 is 0 Å². The molecule has 4 rings (SSSR count). The molecule has 3 aliphatic rings. The Morgan fingerprint density at radius 3 is 2.86 bits per heavy atom. The van der Waals surface area contributed by atoms with Crippen LogP contribution in [-0.2, 0) is 4.79 Å². The molecule has 2 bridgehead atoms. The van der Waals surface area contributed by atoms with E-state index in [9.17, 15) is 9.59 Å². The predicted octanol–water partition coefficient (Wildman–Crippen LogP) is 1.32. The van der Waals surface area contributed by atoms with E-state index in [0.717, 1.165) is 37.3 Å². The van der Waals surface area contributed by atoms with Crippen molar-refractivity contribution >= 4 is 23.3 Å². The minimum Gasteiger partial charge on any atom is -0.338 e. The summed E-state index contributed by atoms with van der Waals surface area (Å²) < 4.78 is 3.84. The fraction of sp³-hybridized carbons (Fsp3) is 0.714. The molecule has 0 saturated carbocycles. The summed E-state index contributed by atoms with van der Waals surface area (Å²) in [5, 5.41) is 3.91. The zero-order valence-corrected chi connectivity index (χ0v) is 13.2. The van der Waals surface area contributed by atoms with Gasteiger partial charge in [-0.3, -0.25) is 9.59 Å². The quantitative estimate of drug-likeness (QED) is 0.844. The molecule has 114 valence electrons. The van der Waals surface area contributed by atoms with E-state index in [1.54, 1.807) is 6.92 Å². The summed E-state index contributed by atoms with van der Waals surface area (Å²) in [7, 11) is 0. The highest BCUT2D eigenvalue weighted by Crippen LogP contribution is 2.30. The van der Waals surface area contributed by atoms with Crippen LogP contribution in [0.1, 0.15) is 41.6 Å². The van der Waals surface area contributed by atoms with Crippen LogP contribution >= 0.6 is 11.5 Å². The molecule has 0 aliphatic carbocycles. The second-order valence-electron chi connectivity index (χ2n) is 5.86. The fourth-order valence-electron chi connectivity index (χ4n) is 3.31. The van der Waals surface area contributed by atoms with Crippen LogP contribution in [0.2, 0.25) is 0 Å². The number of aromatic nitrogens is 2. The van der Waals surface area contributed by atoms with Gasteiger partial charge in [-0.1, -0.05) is 11.4 Å². The van der Waals surface area contributed by atoms with E-state index in [1.807, 2.05) is 9.80 Å². The summed E-state index contributed by atoms with van der Waals surface area (Å²) in [6.07, 6.45) is 2.86. The normalized spacial score (nSPS) is 25.3. The summed E-state index contributed by atoms with van der Waals surface area (Å²) in [6.45, 7) is 5.85. The van der Waals surface area contributed by atoms with Crippen LogP contribution < -0.4 is 0 Å². The van der Waals surface area contributed by atoms with Gasteiger partial charge in [0.25, 0.3) is 5.91 Å². The molecular weight excluding hydrogens is 288 g/mol. The third-order valence-electron chi connectivity index (χ3n) is 4.39. The van der Waals surface area contributed by atoms with Gasteiger partial charge < -0.3 is 9.80 Å². The first-order valence-corrected chi connectivity index (χ1v) is 8.27. The topological polar surface area (TPSA) is 66.4 Å². The summed E-state index contributed by atoms with van der Waals surface area (Å²) in [5.74, 6) is 0.161. The molecule has 0 radical (unpaired) electrons. The van der Waals surface area contributed by atoms with Gasteiger partial charge in [-0.25, -0.2) is 0 Å². The van der Waals surface area contributed by atoms with Crippen LogP contribution in [0, 0.1) is 12.8 Å². The molecule has 0 aromatic carbocycles. The van der Waals surface area contributed by atoms with E-state index in [0.29, 0.717) is 23.7 Å². The second kappa shape index (κ2) is 5.71. The highest BCUT2D eigenvalue weighted by molar-refractivity contribution is 7.07. The average molecular weight is 308 g/mol. The first-order valence-electron chi connectivity index (χ1n) is 7.50. The Balaban J connectivity index is 1.82. The first kappa shape index (κ1) is 14.4. The van der Waals surface area contributed by atoms with E-state index < -0.39 is 0 Å². The maximum Gasteiger partial charge on any atom is 0.267 e. The van der Waals surface area contributed by atoms with Crippen LogP contribution in [0.4, 0.5) is 0 Å². The van der Waals surface area contributed by atoms with Crippen molar-refractivity contribution in [3.8, 4) is 0 Å². The van der Waals surface area contributed by atoms with Gasteiger partial charge in [-0.2, -0.15) is 0 Å². The predicted molar refractivity (Wildman–Crippen MR) is 79.1 cm³/mol. The van der Waals surface area contributed by atoms with Crippen LogP contribution in [0.25, 0.3) is 0 Å². The van der Waals surface area contributed by atoms with Gasteiger partial charge in [-0.05, 0) is 37.7 Å². The van der Waals surface area contributed by atoms with Gasteiger partial charge in [0.15, 0.2) is 0 Å². The standard InChI is InChI=1S/C14H20N4O2S/c1-3-6-18-11-5-4-10(13(18)19)7-17(8-11)14(20)12-9(2)15-16-21-12/h10-11H,3-8H2,1-2H3. The van der Waals surface area contributed by atoms with Crippen molar-refractivity contribution in [3.63, 3.8) is 0 Å². The minimum absolute atomic E-state index is 0.0226. The second-order valence-corrected chi connectivity index (χ2v) is 6.61. The van der Waals surface area contributed by atoms with Gasteiger partial charge in [0.05, 0.1) is 11.6 Å². The maximum atomic E-state index is 12.7. The number of fused-ring (bicyclic) bond motifs is 4. The van der Waals surface area contributed by atoms with Crippen LogP contribution in [-0.4, -0.2) is 56.9 Å². The zero-order valence-electron chi connectivity index (χ0n) is 12.4. The van der Waals surface area contributed by atoms with Crippen molar-refractivity contribution in [2.75, 3.05) is 19.6 Å². The molecule has 6 nitrogen and oxygen atoms in total. The number of amides is 2. The minimum atomic E-state index is -0.0413. The smallest absolute Gasteiger partial charge is 0.267 e. The Bertz CT molecular complexity index is 559. The van der Waals surface area contributed by atoms with E-state index in [-0.39, 0.29) is 23.8 Å². The van der Waals surface area contributed by atoms with Crippen LogP contribution in [0.15, 0.2) is 0 Å². The largest absolute Gasteiger partial charge is 0.338 e. The summed E-state index contributed by atoms with van der Waals surface area (Å²) in [6, 6.07) is 0.168.